The zero-order chi connectivity index (χ0) is 7.40. The van der Waals surface area contributed by atoms with Gasteiger partial charge in [0.1, 0.15) is 0 Å². The highest BCUT2D eigenvalue weighted by Crippen LogP contribution is 2.02. The Labute approximate surface area is 59.8 Å². The van der Waals surface area contributed by atoms with Crippen LogP contribution >= 0.6 is 0 Å². The Kier molecular flexibility index (Phi) is 2.23. The minimum absolute atomic E-state index is 0.519. The van der Waals surface area contributed by atoms with Crippen molar-refractivity contribution in [3.05, 3.63) is 24.0 Å². The summed E-state index contributed by atoms with van der Waals surface area (Å²) in [5.74, 6) is 0. The molecule has 0 unspecified atom stereocenters. The average molecular weight is 138 g/mol. The average Bonchev–Trinajstić information content (AvgIpc) is 1.88. The van der Waals surface area contributed by atoms with Crippen molar-refractivity contribution in [3.63, 3.8) is 0 Å². The molecule has 0 saturated heterocycles. The summed E-state index contributed by atoms with van der Waals surface area (Å²) in [6.45, 7) is 0.519. The van der Waals surface area contributed by atoms with Gasteiger partial charge in [-0.25, -0.2) is 0 Å². The van der Waals surface area contributed by atoms with Gasteiger partial charge >= 0.3 is 0 Å². The minimum Gasteiger partial charge on any atom is -0.399 e. The molecule has 2 N–H and O–H groups in total. The van der Waals surface area contributed by atoms with E-state index in [4.69, 9.17) is 10.5 Å². The van der Waals surface area contributed by atoms with Gasteiger partial charge in [-0.3, -0.25) is 4.98 Å². The number of ether oxygens (including phenoxy) is 1. The summed E-state index contributed by atoms with van der Waals surface area (Å²) in [4.78, 5) is 4.02. The zero-order valence-electron chi connectivity index (χ0n) is 5.87. The van der Waals surface area contributed by atoms with Crippen LogP contribution in [0.4, 0.5) is 5.69 Å². The molecule has 0 aliphatic heterocycles. The molecule has 0 radical (unpaired) electrons. The first-order valence-electron chi connectivity index (χ1n) is 3.02. The van der Waals surface area contributed by atoms with Gasteiger partial charge in [0, 0.05) is 19.0 Å². The SMILES string of the molecule is COCc1cc(N)ccn1. The molecule has 1 aromatic heterocycles. The van der Waals surface area contributed by atoms with E-state index >= 15 is 0 Å². The standard InChI is InChI=1S/C7H10N2O/c1-10-5-7-4-6(8)2-3-9-7/h2-4H,5H2,1H3,(H2,8,9). The molecular weight excluding hydrogens is 128 g/mol. The van der Waals surface area contributed by atoms with Crippen molar-refractivity contribution in [1.82, 2.24) is 4.98 Å². The largest absolute Gasteiger partial charge is 0.399 e. The first kappa shape index (κ1) is 7.02. The molecule has 3 nitrogen and oxygen atoms in total. The Morgan fingerprint density at radius 2 is 2.50 bits per heavy atom. The third-order valence-electron chi connectivity index (χ3n) is 1.13. The Balaban J connectivity index is 2.75. The van der Waals surface area contributed by atoms with Crippen LogP contribution in [-0.4, -0.2) is 12.1 Å². The van der Waals surface area contributed by atoms with Crippen molar-refractivity contribution in [2.24, 2.45) is 0 Å². The normalized spacial score (nSPS) is 9.70. The van der Waals surface area contributed by atoms with Gasteiger partial charge in [-0.05, 0) is 12.1 Å². The van der Waals surface area contributed by atoms with Gasteiger partial charge < -0.3 is 10.5 Å². The fourth-order valence-electron chi connectivity index (χ4n) is 0.724. The maximum atomic E-state index is 5.49. The summed E-state index contributed by atoms with van der Waals surface area (Å²) in [6.07, 6.45) is 1.67. The third-order valence-corrected chi connectivity index (χ3v) is 1.13. The number of methoxy groups -OCH3 is 1. The molecule has 1 rings (SSSR count). The molecule has 0 atom stereocenters. The zero-order valence-corrected chi connectivity index (χ0v) is 5.87. The predicted octanol–water partition coefficient (Wildman–Crippen LogP) is 0.810. The van der Waals surface area contributed by atoms with Gasteiger partial charge in [-0.15, -0.1) is 0 Å². The van der Waals surface area contributed by atoms with Gasteiger partial charge in [0.05, 0.1) is 12.3 Å². The molecule has 0 spiro atoms. The molecule has 0 aliphatic rings. The molecule has 0 aromatic carbocycles. The number of anilines is 1. The van der Waals surface area contributed by atoms with Crippen LogP contribution in [0.2, 0.25) is 0 Å². The van der Waals surface area contributed by atoms with E-state index < -0.39 is 0 Å². The van der Waals surface area contributed by atoms with Gasteiger partial charge in [0.15, 0.2) is 0 Å². The van der Waals surface area contributed by atoms with Gasteiger partial charge in [0.2, 0.25) is 0 Å². The van der Waals surface area contributed by atoms with Crippen molar-refractivity contribution in [2.75, 3.05) is 12.8 Å². The lowest BCUT2D eigenvalue weighted by Crippen LogP contribution is -1.93. The molecule has 0 fully saturated rings. The lowest BCUT2D eigenvalue weighted by atomic mass is 10.3. The number of hydrogen-bond acceptors (Lipinski definition) is 3. The molecular formula is C7H10N2O. The maximum absolute atomic E-state index is 5.49. The summed E-state index contributed by atoms with van der Waals surface area (Å²) in [6, 6.07) is 3.54. The lowest BCUT2D eigenvalue weighted by molar-refractivity contribution is 0.181. The number of nitrogen functional groups attached to an aromatic ring is 1. The van der Waals surface area contributed by atoms with Crippen molar-refractivity contribution in [1.29, 1.82) is 0 Å². The maximum Gasteiger partial charge on any atom is 0.0884 e. The molecule has 3 heteroatoms. The van der Waals surface area contributed by atoms with Gasteiger partial charge in [0.25, 0.3) is 0 Å². The van der Waals surface area contributed by atoms with Crippen LogP contribution in [-0.2, 0) is 11.3 Å². The first-order chi connectivity index (χ1) is 4.83. The Hall–Kier alpha value is -1.09. The van der Waals surface area contributed by atoms with E-state index in [1.54, 1.807) is 25.4 Å². The highest BCUT2D eigenvalue weighted by Gasteiger charge is 1.91. The van der Waals surface area contributed by atoms with Crippen LogP contribution in [0.1, 0.15) is 5.69 Å². The van der Waals surface area contributed by atoms with Gasteiger partial charge in [-0.1, -0.05) is 0 Å². The molecule has 1 aromatic rings. The van der Waals surface area contributed by atoms with Crippen molar-refractivity contribution < 1.29 is 4.74 Å². The molecule has 10 heavy (non-hydrogen) atoms. The van der Waals surface area contributed by atoms with Crippen molar-refractivity contribution in [2.45, 2.75) is 6.61 Å². The van der Waals surface area contributed by atoms with E-state index in [2.05, 4.69) is 4.98 Å². The van der Waals surface area contributed by atoms with E-state index in [9.17, 15) is 0 Å². The third kappa shape index (κ3) is 1.70. The number of hydrogen-bond donors (Lipinski definition) is 1. The number of aromatic nitrogens is 1. The smallest absolute Gasteiger partial charge is 0.0884 e. The number of nitrogens with zero attached hydrogens (tertiary/aromatic N) is 1. The molecule has 54 valence electrons. The molecule has 1 heterocycles. The van der Waals surface area contributed by atoms with E-state index in [0.717, 1.165) is 11.4 Å². The molecule has 0 aliphatic carbocycles. The highest BCUT2D eigenvalue weighted by atomic mass is 16.5. The monoisotopic (exact) mass is 138 g/mol. The van der Waals surface area contributed by atoms with Crippen LogP contribution in [0.5, 0.6) is 0 Å². The first-order valence-corrected chi connectivity index (χ1v) is 3.02. The molecule has 0 bridgehead atoms. The summed E-state index contributed by atoms with van der Waals surface area (Å²) < 4.78 is 4.86. The van der Waals surface area contributed by atoms with Crippen LogP contribution in [0, 0.1) is 0 Å². The lowest BCUT2D eigenvalue weighted by Gasteiger charge is -1.97. The Morgan fingerprint density at radius 3 is 3.10 bits per heavy atom. The number of pyridine rings is 1. The highest BCUT2D eigenvalue weighted by molar-refractivity contribution is 5.36. The van der Waals surface area contributed by atoms with Crippen LogP contribution in [0.15, 0.2) is 18.3 Å². The summed E-state index contributed by atoms with van der Waals surface area (Å²) in [7, 11) is 1.63. The second kappa shape index (κ2) is 3.17. The topological polar surface area (TPSA) is 48.1 Å². The van der Waals surface area contributed by atoms with Gasteiger partial charge in [-0.2, -0.15) is 0 Å². The van der Waals surface area contributed by atoms with Crippen LogP contribution in [0.3, 0.4) is 0 Å². The van der Waals surface area contributed by atoms with Crippen molar-refractivity contribution in [3.8, 4) is 0 Å². The molecule has 0 saturated carbocycles. The van der Waals surface area contributed by atoms with E-state index in [1.807, 2.05) is 0 Å². The van der Waals surface area contributed by atoms with E-state index in [1.165, 1.54) is 0 Å². The van der Waals surface area contributed by atoms with Crippen LogP contribution < -0.4 is 5.73 Å². The Morgan fingerprint density at radius 1 is 1.70 bits per heavy atom. The second-order valence-corrected chi connectivity index (χ2v) is 2.01. The number of nitrogens with two attached hydrogens (primary N) is 1. The van der Waals surface area contributed by atoms with E-state index in [-0.39, 0.29) is 0 Å². The Bertz CT molecular complexity index is 213. The van der Waals surface area contributed by atoms with Crippen molar-refractivity contribution >= 4 is 5.69 Å². The summed E-state index contributed by atoms with van der Waals surface area (Å²) in [5.41, 5.74) is 7.08. The summed E-state index contributed by atoms with van der Waals surface area (Å²) >= 11 is 0. The fourth-order valence-corrected chi connectivity index (χ4v) is 0.724. The fraction of sp³-hybridized carbons (Fsp3) is 0.286. The van der Waals surface area contributed by atoms with E-state index in [0.29, 0.717) is 6.61 Å². The second-order valence-electron chi connectivity index (χ2n) is 2.01. The van der Waals surface area contributed by atoms with Crippen LogP contribution in [0.25, 0.3) is 0 Å². The summed E-state index contributed by atoms with van der Waals surface area (Å²) in [5, 5.41) is 0. The minimum atomic E-state index is 0.519. The predicted molar refractivity (Wildman–Crippen MR) is 39.4 cm³/mol. The molecule has 0 amide bonds. The number of rotatable bonds is 2. The quantitative estimate of drug-likeness (QED) is 0.657.